The largest absolute Gasteiger partial charge is 1.00 e. The average Bonchev–Trinajstić information content (AvgIpc) is 0. The summed E-state index contributed by atoms with van der Waals surface area (Å²) in [7, 11) is 0. The summed E-state index contributed by atoms with van der Waals surface area (Å²) < 4.78 is 0. The van der Waals surface area contributed by atoms with Gasteiger partial charge in [-0.25, -0.2) is 0 Å². The molecule has 4 heteroatoms. The Morgan fingerprint density at radius 2 is 1.25 bits per heavy atom. The van der Waals surface area contributed by atoms with Gasteiger partial charge >= 0.3 is 18.9 Å². The van der Waals surface area contributed by atoms with Crippen LogP contribution in [0.5, 0.6) is 0 Å². The maximum Gasteiger partial charge on any atom is 1.00 e. The summed E-state index contributed by atoms with van der Waals surface area (Å²) in [6, 6.07) is 0. The second kappa shape index (κ2) is 20.7. The van der Waals surface area contributed by atoms with E-state index in [1.165, 1.54) is 0 Å². The molecule has 0 aliphatic carbocycles. The third-order valence-corrected chi connectivity index (χ3v) is 0. The first-order chi connectivity index (χ1) is 0. The number of hydrogen-bond acceptors (Lipinski definition) is 0. The van der Waals surface area contributed by atoms with E-state index in [2.05, 4.69) is 0 Å². The molecule has 0 heterocycles. The Labute approximate surface area is 66.5 Å². The Bertz CT molecular complexity index is 11.6. The Kier molecular flexibility index (Phi) is 203. The zero-order chi connectivity index (χ0) is 0. The molecule has 4 heavy (non-hydrogen) atoms. The summed E-state index contributed by atoms with van der Waals surface area (Å²) in [5.41, 5.74) is 0. The number of rotatable bonds is 0. The van der Waals surface area contributed by atoms with Crippen LogP contribution in [-0.4, -0.2) is 5.48 Å². The van der Waals surface area contributed by atoms with E-state index in [1.54, 1.807) is 0 Å². The first-order valence-electron chi connectivity index (χ1n) is 0. The number of hydrogen-bond donors (Lipinski definition) is 0. The van der Waals surface area contributed by atoms with E-state index < -0.39 is 0 Å². The van der Waals surface area contributed by atoms with E-state index in [0.717, 1.165) is 0 Å². The minimum Gasteiger partial charge on any atom is -1.00 e. The molecule has 0 fully saturated rings. The molecule has 0 spiro atoms. The average molecular weight is 139 g/mol. The molecule has 0 unspecified atom stereocenters. The summed E-state index contributed by atoms with van der Waals surface area (Å²) in [6.07, 6.45) is 0. The van der Waals surface area contributed by atoms with Gasteiger partial charge in [0.15, 0.2) is 0 Å². The van der Waals surface area contributed by atoms with Crippen molar-refractivity contribution < 1.29 is 67.0 Å². The molecule has 1 nitrogen and oxygen atoms in total. The molecule has 0 aromatic rings. The standard InChI is InChI=1S/Li.H2O.Ti.Zn.H/h;1H2;;;/q+1;;;;-1. The van der Waals surface area contributed by atoms with Gasteiger partial charge in [-0.1, -0.05) is 0 Å². The minimum absolute atomic E-state index is 0. The van der Waals surface area contributed by atoms with Crippen LogP contribution in [0.25, 0.3) is 0 Å². The van der Waals surface area contributed by atoms with Crippen LogP contribution in [0.15, 0.2) is 0 Å². The normalized spacial score (nSPS) is 0. The van der Waals surface area contributed by atoms with Gasteiger partial charge in [0, 0.05) is 41.2 Å². The van der Waals surface area contributed by atoms with E-state index >= 15 is 0 Å². The van der Waals surface area contributed by atoms with Crippen molar-refractivity contribution in [1.29, 1.82) is 0 Å². The minimum atomic E-state index is 0. The summed E-state index contributed by atoms with van der Waals surface area (Å²) in [5.74, 6) is 0. The Hall–Kier alpha value is 1.90. The van der Waals surface area contributed by atoms with Crippen molar-refractivity contribution in [2.75, 3.05) is 0 Å². The molecule has 0 saturated carbocycles. The van der Waals surface area contributed by atoms with Gasteiger partial charge in [0.05, 0.1) is 0 Å². The predicted molar refractivity (Wildman–Crippen MR) is 4.73 cm³/mol. The Morgan fingerprint density at radius 3 is 1.25 bits per heavy atom. The summed E-state index contributed by atoms with van der Waals surface area (Å²) in [5, 5.41) is 0. The van der Waals surface area contributed by atoms with Gasteiger partial charge in [0.25, 0.3) is 0 Å². The molecule has 0 aliphatic rings. The Balaban J connectivity index is 0. The van der Waals surface area contributed by atoms with Crippen LogP contribution in [0.4, 0.5) is 0 Å². The fourth-order valence-corrected chi connectivity index (χ4v) is 0. The van der Waals surface area contributed by atoms with Gasteiger partial charge in [0.2, 0.25) is 0 Å². The molecular weight excluding hydrogens is 136 g/mol. The van der Waals surface area contributed by atoms with Gasteiger partial charge in [0.1, 0.15) is 0 Å². The van der Waals surface area contributed by atoms with Crippen LogP contribution >= 0.6 is 0 Å². The first-order valence-corrected chi connectivity index (χ1v) is 0. The quantitative estimate of drug-likeness (QED) is 0.309. The van der Waals surface area contributed by atoms with Gasteiger partial charge in [-0.15, -0.1) is 0 Å². The maximum absolute atomic E-state index is 0. The SMILES string of the molecule is O.[H-].[Li+].[Ti].[Zn]. The molecule has 0 rings (SSSR count). The van der Waals surface area contributed by atoms with Crippen LogP contribution in [0.3, 0.4) is 0 Å². The van der Waals surface area contributed by atoms with E-state index in [-0.39, 0.29) is 67.0 Å². The molecule has 0 bridgehead atoms. The van der Waals surface area contributed by atoms with E-state index in [1.807, 2.05) is 0 Å². The van der Waals surface area contributed by atoms with Crippen LogP contribution < -0.4 is 18.9 Å². The second-order valence-electron chi connectivity index (χ2n) is 0. The molecule has 0 aromatic carbocycles. The van der Waals surface area contributed by atoms with Crippen molar-refractivity contribution in [2.45, 2.75) is 0 Å². The van der Waals surface area contributed by atoms with Gasteiger partial charge in [-0.2, -0.15) is 0 Å². The zero-order valence-electron chi connectivity index (χ0n) is 3.71. The molecule has 16 valence electrons. The summed E-state index contributed by atoms with van der Waals surface area (Å²) in [6.45, 7) is 0. The summed E-state index contributed by atoms with van der Waals surface area (Å²) in [4.78, 5) is 0. The Morgan fingerprint density at radius 1 is 1.25 bits per heavy atom. The monoisotopic (exact) mass is 138 g/mol. The summed E-state index contributed by atoms with van der Waals surface area (Å²) >= 11 is 0. The van der Waals surface area contributed by atoms with E-state index in [4.69, 9.17) is 0 Å². The molecule has 0 aromatic heterocycles. The van der Waals surface area contributed by atoms with Gasteiger partial charge < -0.3 is 6.90 Å². The molecule has 2 N–H and O–H groups in total. The molecule has 0 aliphatic heterocycles. The smallest absolute Gasteiger partial charge is 1.00 e. The van der Waals surface area contributed by atoms with Crippen molar-refractivity contribution >= 4 is 0 Å². The van der Waals surface area contributed by atoms with Gasteiger partial charge in [-0.3, -0.25) is 0 Å². The third-order valence-electron chi connectivity index (χ3n) is 0. The first kappa shape index (κ1) is 39.3. The molecule has 0 amide bonds. The molecular formula is H3LiOTiZn. The third kappa shape index (κ3) is 9.09. The maximum atomic E-state index is 0. The van der Waals surface area contributed by atoms with Crippen LogP contribution in [-0.2, 0) is 41.2 Å². The fraction of sp³-hybridized carbons (Fsp3) is 0. The van der Waals surface area contributed by atoms with E-state index in [0.29, 0.717) is 0 Å². The van der Waals surface area contributed by atoms with Crippen molar-refractivity contribution in [3.05, 3.63) is 0 Å². The molecule has 0 atom stereocenters. The predicted octanol–water partition coefficient (Wildman–Crippen LogP) is -3.71. The van der Waals surface area contributed by atoms with Gasteiger partial charge in [-0.05, 0) is 0 Å². The second-order valence-corrected chi connectivity index (χ2v) is 0. The van der Waals surface area contributed by atoms with Crippen LogP contribution in [0, 0.1) is 0 Å². The zero-order valence-corrected chi connectivity index (χ0v) is 7.24. The van der Waals surface area contributed by atoms with Crippen molar-refractivity contribution in [1.82, 2.24) is 0 Å². The van der Waals surface area contributed by atoms with E-state index in [9.17, 15) is 0 Å². The molecule has 0 radical (unpaired) electrons. The molecule has 0 saturated heterocycles. The van der Waals surface area contributed by atoms with Crippen LogP contribution in [0.1, 0.15) is 1.43 Å². The van der Waals surface area contributed by atoms with Crippen LogP contribution in [0.2, 0.25) is 0 Å². The van der Waals surface area contributed by atoms with Crippen molar-refractivity contribution in [3.63, 3.8) is 0 Å². The fourth-order valence-electron chi connectivity index (χ4n) is 0. The van der Waals surface area contributed by atoms with Crippen molar-refractivity contribution in [2.24, 2.45) is 0 Å². The topological polar surface area (TPSA) is 31.5 Å². The van der Waals surface area contributed by atoms with Crippen molar-refractivity contribution in [3.8, 4) is 0 Å².